The predicted octanol–water partition coefficient (Wildman–Crippen LogP) is 1.02. The average Bonchev–Trinajstić information content (AvgIpc) is 2.46. The van der Waals surface area contributed by atoms with Crippen molar-refractivity contribution in [1.29, 1.82) is 0 Å². The summed E-state index contributed by atoms with van der Waals surface area (Å²) in [6.45, 7) is 0.302. The van der Waals surface area contributed by atoms with Gasteiger partial charge in [0.2, 0.25) is 0 Å². The molecule has 1 saturated heterocycles. The van der Waals surface area contributed by atoms with E-state index in [1.807, 2.05) is 11.8 Å². The summed E-state index contributed by atoms with van der Waals surface area (Å²) in [5, 5.41) is 3.05. The SMILES string of the molecule is NCC#Cc1cncc(C(=O)NC2CCSCC2)c1. The Hall–Kier alpha value is -1.51. The molecule has 1 aromatic rings. The lowest BCUT2D eigenvalue weighted by Gasteiger charge is -2.22. The van der Waals surface area contributed by atoms with E-state index < -0.39 is 0 Å². The van der Waals surface area contributed by atoms with Gasteiger partial charge in [-0.05, 0) is 30.4 Å². The van der Waals surface area contributed by atoms with Crippen molar-refractivity contribution in [3.8, 4) is 11.8 Å². The van der Waals surface area contributed by atoms with E-state index in [0.717, 1.165) is 29.9 Å². The van der Waals surface area contributed by atoms with Gasteiger partial charge in [0.15, 0.2) is 0 Å². The van der Waals surface area contributed by atoms with Crippen LogP contribution in [0.25, 0.3) is 0 Å². The number of thioether (sulfide) groups is 1. The molecule has 4 nitrogen and oxygen atoms in total. The van der Waals surface area contributed by atoms with Gasteiger partial charge in [0, 0.05) is 24.0 Å². The van der Waals surface area contributed by atoms with Crippen molar-refractivity contribution in [3.05, 3.63) is 29.6 Å². The molecule has 0 saturated carbocycles. The fourth-order valence-corrected chi connectivity index (χ4v) is 3.00. The molecule has 0 unspecified atom stereocenters. The number of hydrogen-bond acceptors (Lipinski definition) is 4. The van der Waals surface area contributed by atoms with Gasteiger partial charge in [0.05, 0.1) is 12.1 Å². The van der Waals surface area contributed by atoms with Crippen LogP contribution in [0.1, 0.15) is 28.8 Å². The van der Waals surface area contributed by atoms with Gasteiger partial charge < -0.3 is 11.1 Å². The number of rotatable bonds is 2. The van der Waals surface area contributed by atoms with Gasteiger partial charge in [0.1, 0.15) is 0 Å². The molecule has 1 fully saturated rings. The second-order valence-corrected chi connectivity index (χ2v) is 5.55. The number of carbonyl (C=O) groups excluding carboxylic acids is 1. The summed E-state index contributed by atoms with van der Waals surface area (Å²) in [6.07, 6.45) is 5.28. The van der Waals surface area contributed by atoms with Crippen molar-refractivity contribution >= 4 is 17.7 Å². The Bertz CT molecular complexity index is 501. The Morgan fingerprint density at radius 1 is 1.47 bits per heavy atom. The van der Waals surface area contributed by atoms with Crippen LogP contribution in [0.5, 0.6) is 0 Å². The van der Waals surface area contributed by atoms with Crippen molar-refractivity contribution in [2.45, 2.75) is 18.9 Å². The summed E-state index contributed by atoms with van der Waals surface area (Å²) in [5.41, 5.74) is 6.60. The van der Waals surface area contributed by atoms with Crippen LogP contribution in [-0.4, -0.2) is 35.0 Å². The summed E-state index contributed by atoms with van der Waals surface area (Å²) < 4.78 is 0. The van der Waals surface area contributed by atoms with Crippen molar-refractivity contribution in [2.75, 3.05) is 18.1 Å². The van der Waals surface area contributed by atoms with Crippen LogP contribution >= 0.6 is 11.8 Å². The normalized spacial score (nSPS) is 15.4. The zero-order valence-electron chi connectivity index (χ0n) is 10.7. The third-order valence-electron chi connectivity index (χ3n) is 2.89. The zero-order chi connectivity index (χ0) is 13.5. The third-order valence-corrected chi connectivity index (χ3v) is 3.94. The molecule has 1 aliphatic heterocycles. The molecular weight excluding hydrogens is 258 g/mol. The molecule has 2 rings (SSSR count). The molecule has 0 aromatic carbocycles. The van der Waals surface area contributed by atoms with E-state index in [4.69, 9.17) is 5.73 Å². The molecule has 100 valence electrons. The number of hydrogen-bond donors (Lipinski definition) is 2. The Morgan fingerprint density at radius 3 is 3.00 bits per heavy atom. The molecule has 19 heavy (non-hydrogen) atoms. The smallest absolute Gasteiger partial charge is 0.253 e. The van der Waals surface area contributed by atoms with Crippen molar-refractivity contribution in [2.24, 2.45) is 5.73 Å². The second kappa shape index (κ2) is 7.17. The highest BCUT2D eigenvalue weighted by atomic mass is 32.2. The molecule has 1 amide bonds. The van der Waals surface area contributed by atoms with E-state index in [1.54, 1.807) is 18.5 Å². The minimum Gasteiger partial charge on any atom is -0.349 e. The highest BCUT2D eigenvalue weighted by Gasteiger charge is 2.17. The quantitative estimate of drug-likeness (QED) is 0.791. The maximum Gasteiger partial charge on any atom is 0.253 e. The molecule has 0 bridgehead atoms. The molecule has 3 N–H and O–H groups in total. The van der Waals surface area contributed by atoms with E-state index in [0.29, 0.717) is 12.1 Å². The van der Waals surface area contributed by atoms with Gasteiger partial charge in [-0.15, -0.1) is 0 Å². The summed E-state index contributed by atoms with van der Waals surface area (Å²) in [4.78, 5) is 16.2. The maximum absolute atomic E-state index is 12.1. The van der Waals surface area contributed by atoms with E-state index in [1.165, 1.54) is 0 Å². The third kappa shape index (κ3) is 4.27. The van der Waals surface area contributed by atoms with Crippen LogP contribution in [0, 0.1) is 11.8 Å². The number of nitrogens with two attached hydrogens (primary N) is 1. The van der Waals surface area contributed by atoms with Crippen LogP contribution in [0.4, 0.5) is 0 Å². The van der Waals surface area contributed by atoms with Gasteiger partial charge >= 0.3 is 0 Å². The minimum atomic E-state index is -0.0687. The highest BCUT2D eigenvalue weighted by Crippen LogP contribution is 2.17. The Labute approximate surface area is 117 Å². The number of nitrogens with zero attached hydrogens (tertiary/aromatic N) is 1. The average molecular weight is 275 g/mol. The zero-order valence-corrected chi connectivity index (χ0v) is 11.5. The van der Waals surface area contributed by atoms with E-state index >= 15 is 0 Å². The largest absolute Gasteiger partial charge is 0.349 e. The first-order valence-corrected chi connectivity index (χ1v) is 7.47. The number of aromatic nitrogens is 1. The first-order chi connectivity index (χ1) is 9.29. The summed E-state index contributed by atoms with van der Waals surface area (Å²) >= 11 is 1.94. The second-order valence-electron chi connectivity index (χ2n) is 4.33. The fourth-order valence-electron chi connectivity index (χ4n) is 1.90. The van der Waals surface area contributed by atoms with E-state index in [2.05, 4.69) is 22.1 Å². The van der Waals surface area contributed by atoms with Gasteiger partial charge in [-0.2, -0.15) is 11.8 Å². The molecule has 0 atom stereocenters. The van der Waals surface area contributed by atoms with E-state index in [9.17, 15) is 4.79 Å². The lowest BCUT2D eigenvalue weighted by Crippen LogP contribution is -2.37. The van der Waals surface area contributed by atoms with Crippen LogP contribution in [0.3, 0.4) is 0 Å². The summed E-state index contributed by atoms with van der Waals surface area (Å²) in [6, 6.07) is 2.04. The first-order valence-electron chi connectivity index (χ1n) is 6.32. The van der Waals surface area contributed by atoms with Crippen molar-refractivity contribution in [3.63, 3.8) is 0 Å². The topological polar surface area (TPSA) is 68.0 Å². The summed E-state index contributed by atoms with van der Waals surface area (Å²) in [7, 11) is 0. The molecule has 1 aliphatic rings. The van der Waals surface area contributed by atoms with Gasteiger partial charge in [-0.25, -0.2) is 0 Å². The minimum absolute atomic E-state index is 0.0687. The molecule has 2 heterocycles. The van der Waals surface area contributed by atoms with Crippen LogP contribution in [0.2, 0.25) is 0 Å². The molecular formula is C14H17N3OS. The number of carbonyl (C=O) groups is 1. The monoisotopic (exact) mass is 275 g/mol. The summed E-state index contributed by atoms with van der Waals surface area (Å²) in [5.74, 6) is 7.80. The Kier molecular flexibility index (Phi) is 5.25. The van der Waals surface area contributed by atoms with Crippen LogP contribution in [-0.2, 0) is 0 Å². The molecule has 1 aromatic heterocycles. The number of pyridine rings is 1. The predicted molar refractivity (Wildman–Crippen MR) is 78.0 cm³/mol. The Morgan fingerprint density at radius 2 is 2.26 bits per heavy atom. The van der Waals surface area contributed by atoms with E-state index in [-0.39, 0.29) is 11.9 Å². The molecule has 0 aliphatic carbocycles. The van der Waals surface area contributed by atoms with Crippen LogP contribution < -0.4 is 11.1 Å². The molecule has 0 radical (unpaired) electrons. The standard InChI is InChI=1S/C14H17N3OS/c15-5-1-2-11-8-12(10-16-9-11)14(18)17-13-3-6-19-7-4-13/h8-10,13H,3-7,15H2,(H,17,18). The lowest BCUT2D eigenvalue weighted by atomic mass is 10.1. The fraction of sp³-hybridized carbons (Fsp3) is 0.429. The van der Waals surface area contributed by atoms with Crippen molar-refractivity contribution in [1.82, 2.24) is 10.3 Å². The van der Waals surface area contributed by atoms with Crippen LogP contribution in [0.15, 0.2) is 18.5 Å². The number of amides is 1. The Balaban J connectivity index is 2.01. The first kappa shape index (κ1) is 13.9. The van der Waals surface area contributed by atoms with Gasteiger partial charge in [-0.3, -0.25) is 9.78 Å². The highest BCUT2D eigenvalue weighted by molar-refractivity contribution is 7.99. The molecule has 5 heteroatoms. The maximum atomic E-state index is 12.1. The molecule has 0 spiro atoms. The van der Waals surface area contributed by atoms with Gasteiger partial charge in [0.25, 0.3) is 5.91 Å². The van der Waals surface area contributed by atoms with Crippen molar-refractivity contribution < 1.29 is 4.79 Å². The lowest BCUT2D eigenvalue weighted by molar-refractivity contribution is 0.0934. The van der Waals surface area contributed by atoms with Gasteiger partial charge in [-0.1, -0.05) is 11.8 Å². The number of nitrogens with one attached hydrogen (secondary N) is 1.